The first-order chi connectivity index (χ1) is 18.5. The predicted octanol–water partition coefficient (Wildman–Crippen LogP) is 6.57. The maximum absolute atomic E-state index is 13.5. The average molecular weight is 513 g/mol. The smallest absolute Gasteiger partial charge is 0.310 e. The van der Waals surface area contributed by atoms with Gasteiger partial charge in [0, 0.05) is 11.8 Å². The summed E-state index contributed by atoms with van der Waals surface area (Å²) in [6.07, 6.45) is 0. The van der Waals surface area contributed by atoms with Gasteiger partial charge in [-0.25, -0.2) is 8.78 Å². The SMILES string of the molecule is O=C(OCc1ccc(F)cc1)C1C(c2ccccc2)C(C(=O)OCc2ccc(F)cc2)C1c1ccccc1. The van der Waals surface area contributed by atoms with Gasteiger partial charge >= 0.3 is 11.9 Å². The zero-order valence-electron chi connectivity index (χ0n) is 20.5. The summed E-state index contributed by atoms with van der Waals surface area (Å²) < 4.78 is 38.0. The van der Waals surface area contributed by atoms with Gasteiger partial charge in [0.15, 0.2) is 0 Å². The van der Waals surface area contributed by atoms with Gasteiger partial charge in [0.25, 0.3) is 0 Å². The molecule has 0 radical (unpaired) electrons. The Hall–Kier alpha value is -4.32. The Bertz CT molecular complexity index is 1260. The molecule has 5 rings (SSSR count). The molecular formula is C32H26F2O4. The van der Waals surface area contributed by atoms with Crippen LogP contribution in [0.5, 0.6) is 0 Å². The van der Waals surface area contributed by atoms with Crippen LogP contribution in [0.3, 0.4) is 0 Å². The molecule has 4 aromatic carbocycles. The first kappa shape index (κ1) is 25.3. The third-order valence-corrected chi connectivity index (χ3v) is 7.05. The summed E-state index contributed by atoms with van der Waals surface area (Å²) >= 11 is 0. The Morgan fingerprint density at radius 1 is 0.526 bits per heavy atom. The third kappa shape index (κ3) is 5.49. The van der Waals surface area contributed by atoms with Crippen molar-refractivity contribution in [2.24, 2.45) is 11.8 Å². The highest BCUT2D eigenvalue weighted by Crippen LogP contribution is 2.58. The molecule has 4 nitrogen and oxygen atoms in total. The van der Waals surface area contributed by atoms with Crippen LogP contribution in [0.15, 0.2) is 109 Å². The zero-order valence-corrected chi connectivity index (χ0v) is 20.5. The second kappa shape index (κ2) is 11.4. The standard InChI is InChI=1S/C32H26F2O4/c33-25-15-11-21(12-16-25)19-37-31(35)29-27(23-7-3-1-4-8-23)30(28(29)24-9-5-2-6-10-24)32(36)38-20-22-13-17-26(34)18-14-22/h1-18,27-30H,19-20H2. The van der Waals surface area contributed by atoms with Crippen LogP contribution in [-0.2, 0) is 32.3 Å². The highest BCUT2D eigenvalue weighted by molar-refractivity contribution is 5.85. The quantitative estimate of drug-likeness (QED) is 0.251. The molecule has 0 heterocycles. The fourth-order valence-electron chi connectivity index (χ4n) is 5.18. The lowest BCUT2D eigenvalue weighted by Crippen LogP contribution is -2.51. The average Bonchev–Trinajstić information content (AvgIpc) is 2.93. The largest absolute Gasteiger partial charge is 0.461 e. The molecule has 1 fully saturated rings. The molecule has 6 heteroatoms. The van der Waals surface area contributed by atoms with Crippen LogP contribution in [-0.4, -0.2) is 11.9 Å². The van der Waals surface area contributed by atoms with E-state index in [1.54, 1.807) is 24.3 Å². The van der Waals surface area contributed by atoms with Crippen molar-refractivity contribution in [3.63, 3.8) is 0 Å². The lowest BCUT2D eigenvalue weighted by Gasteiger charge is -2.49. The van der Waals surface area contributed by atoms with Crippen LogP contribution in [0.4, 0.5) is 8.78 Å². The molecule has 0 amide bonds. The summed E-state index contributed by atoms with van der Waals surface area (Å²) in [4.78, 5) is 27.1. The summed E-state index contributed by atoms with van der Waals surface area (Å²) in [6, 6.07) is 30.4. The van der Waals surface area contributed by atoms with Gasteiger partial charge in [-0.05, 0) is 46.5 Å². The summed E-state index contributed by atoms with van der Waals surface area (Å²) in [6.45, 7) is -0.00335. The summed E-state index contributed by atoms with van der Waals surface area (Å²) in [5, 5.41) is 0. The van der Waals surface area contributed by atoms with Crippen molar-refractivity contribution in [1.29, 1.82) is 0 Å². The van der Waals surface area contributed by atoms with E-state index in [9.17, 15) is 18.4 Å². The van der Waals surface area contributed by atoms with Gasteiger partial charge in [0.1, 0.15) is 24.8 Å². The molecule has 0 aliphatic heterocycles. The van der Waals surface area contributed by atoms with Crippen molar-refractivity contribution < 1.29 is 27.8 Å². The van der Waals surface area contributed by atoms with E-state index in [1.165, 1.54) is 24.3 Å². The van der Waals surface area contributed by atoms with E-state index in [0.29, 0.717) is 11.1 Å². The Morgan fingerprint density at radius 3 is 1.21 bits per heavy atom. The molecule has 1 aliphatic carbocycles. The number of ether oxygens (including phenoxy) is 2. The van der Waals surface area contributed by atoms with Gasteiger partial charge in [-0.1, -0.05) is 84.9 Å². The Balaban J connectivity index is 1.42. The molecule has 0 atom stereocenters. The molecule has 1 aliphatic rings. The number of carbonyl (C=O) groups is 2. The minimum atomic E-state index is -0.622. The fourth-order valence-corrected chi connectivity index (χ4v) is 5.18. The molecule has 0 saturated heterocycles. The topological polar surface area (TPSA) is 52.6 Å². The zero-order chi connectivity index (χ0) is 26.5. The summed E-state index contributed by atoms with van der Waals surface area (Å²) in [5.41, 5.74) is 3.02. The second-order valence-corrected chi connectivity index (χ2v) is 9.39. The van der Waals surface area contributed by atoms with Crippen molar-refractivity contribution in [2.75, 3.05) is 0 Å². The Morgan fingerprint density at radius 2 is 0.868 bits per heavy atom. The van der Waals surface area contributed by atoms with E-state index in [-0.39, 0.29) is 24.8 Å². The van der Waals surface area contributed by atoms with Crippen molar-refractivity contribution in [3.05, 3.63) is 143 Å². The van der Waals surface area contributed by atoms with Crippen molar-refractivity contribution in [1.82, 2.24) is 0 Å². The predicted molar refractivity (Wildman–Crippen MR) is 138 cm³/mol. The highest BCUT2D eigenvalue weighted by Gasteiger charge is 2.59. The number of rotatable bonds is 8. The maximum Gasteiger partial charge on any atom is 0.310 e. The highest BCUT2D eigenvalue weighted by atomic mass is 19.1. The van der Waals surface area contributed by atoms with Crippen LogP contribution in [0.1, 0.15) is 34.1 Å². The first-order valence-corrected chi connectivity index (χ1v) is 12.4. The van der Waals surface area contributed by atoms with E-state index in [2.05, 4.69) is 0 Å². The molecule has 192 valence electrons. The number of benzene rings is 4. The van der Waals surface area contributed by atoms with Crippen molar-refractivity contribution >= 4 is 11.9 Å². The van der Waals surface area contributed by atoms with E-state index in [1.807, 2.05) is 60.7 Å². The minimum absolute atomic E-state index is 0.00167. The molecule has 1 saturated carbocycles. The lowest BCUT2D eigenvalue weighted by molar-refractivity contribution is -0.169. The molecule has 0 bridgehead atoms. The molecule has 4 aromatic rings. The fraction of sp³-hybridized carbons (Fsp3) is 0.188. The van der Waals surface area contributed by atoms with E-state index >= 15 is 0 Å². The summed E-state index contributed by atoms with van der Waals surface area (Å²) in [7, 11) is 0. The maximum atomic E-state index is 13.5. The number of halogens is 2. The van der Waals surface area contributed by atoms with Crippen molar-refractivity contribution in [3.8, 4) is 0 Å². The molecule has 0 unspecified atom stereocenters. The molecule has 38 heavy (non-hydrogen) atoms. The van der Waals surface area contributed by atoms with Crippen molar-refractivity contribution in [2.45, 2.75) is 25.0 Å². The van der Waals surface area contributed by atoms with Crippen LogP contribution in [0.25, 0.3) is 0 Å². The van der Waals surface area contributed by atoms with Crippen LogP contribution in [0, 0.1) is 23.5 Å². The van der Waals surface area contributed by atoms with Crippen LogP contribution < -0.4 is 0 Å². The summed E-state index contributed by atoms with van der Waals surface area (Å²) in [5.74, 6) is -3.75. The van der Waals surface area contributed by atoms with Gasteiger partial charge in [0.2, 0.25) is 0 Å². The number of carbonyl (C=O) groups excluding carboxylic acids is 2. The Labute approximate surface area is 219 Å². The Kier molecular flexibility index (Phi) is 7.59. The number of hydrogen-bond acceptors (Lipinski definition) is 4. The second-order valence-electron chi connectivity index (χ2n) is 9.39. The van der Waals surface area contributed by atoms with Gasteiger partial charge in [-0.3, -0.25) is 9.59 Å². The van der Waals surface area contributed by atoms with Crippen LogP contribution >= 0.6 is 0 Å². The van der Waals surface area contributed by atoms with E-state index in [4.69, 9.17) is 9.47 Å². The van der Waals surface area contributed by atoms with E-state index < -0.39 is 35.6 Å². The number of hydrogen-bond donors (Lipinski definition) is 0. The molecular weight excluding hydrogens is 486 g/mol. The van der Waals surface area contributed by atoms with Crippen LogP contribution in [0.2, 0.25) is 0 Å². The number of esters is 2. The van der Waals surface area contributed by atoms with Gasteiger partial charge in [0.05, 0.1) is 11.8 Å². The van der Waals surface area contributed by atoms with E-state index in [0.717, 1.165) is 11.1 Å². The monoisotopic (exact) mass is 512 g/mol. The normalized spacial score (nSPS) is 20.3. The van der Waals surface area contributed by atoms with Gasteiger partial charge in [-0.15, -0.1) is 0 Å². The van der Waals surface area contributed by atoms with Gasteiger partial charge < -0.3 is 9.47 Å². The lowest BCUT2D eigenvalue weighted by atomic mass is 9.52. The molecule has 0 spiro atoms. The molecule has 0 aromatic heterocycles. The molecule has 0 N–H and O–H groups in total. The third-order valence-electron chi connectivity index (χ3n) is 7.05. The van der Waals surface area contributed by atoms with Gasteiger partial charge in [-0.2, -0.15) is 0 Å². The minimum Gasteiger partial charge on any atom is -0.461 e. The first-order valence-electron chi connectivity index (χ1n) is 12.4.